The van der Waals surface area contributed by atoms with Crippen molar-refractivity contribution in [1.82, 2.24) is 5.32 Å². The minimum atomic E-state index is 0.703. The van der Waals surface area contributed by atoms with E-state index in [1.807, 2.05) is 11.8 Å². The average molecular weight is 251 g/mol. The van der Waals surface area contributed by atoms with E-state index in [1.165, 1.54) is 29.7 Å². The minimum Gasteiger partial charge on any atom is -0.313 e. The van der Waals surface area contributed by atoms with Crippen molar-refractivity contribution in [2.75, 3.05) is 12.3 Å². The van der Waals surface area contributed by atoms with Gasteiger partial charge >= 0.3 is 0 Å². The zero-order chi connectivity index (χ0) is 12.5. The summed E-state index contributed by atoms with van der Waals surface area (Å²) in [5, 5.41) is 3.60. The maximum absolute atomic E-state index is 3.60. The molecule has 96 valence electrons. The quantitative estimate of drug-likeness (QED) is 0.701. The van der Waals surface area contributed by atoms with Gasteiger partial charge in [-0.15, -0.1) is 0 Å². The molecule has 0 saturated heterocycles. The lowest BCUT2D eigenvalue weighted by atomic mass is 10.2. The maximum Gasteiger partial charge on any atom is 0.0185 e. The molecular weight excluding hydrogens is 226 g/mol. The van der Waals surface area contributed by atoms with E-state index >= 15 is 0 Å². The summed E-state index contributed by atoms with van der Waals surface area (Å²) in [6.07, 6.45) is 2.47. The molecule has 0 aromatic heterocycles. The van der Waals surface area contributed by atoms with Crippen LogP contribution in [0.3, 0.4) is 0 Å². The van der Waals surface area contributed by atoms with E-state index < -0.39 is 0 Å². The monoisotopic (exact) mass is 251 g/mol. The van der Waals surface area contributed by atoms with Gasteiger partial charge < -0.3 is 5.32 Å². The van der Waals surface area contributed by atoms with Crippen molar-refractivity contribution >= 4 is 11.8 Å². The Kier molecular flexibility index (Phi) is 7.38. The molecule has 1 rings (SSSR count). The van der Waals surface area contributed by atoms with Crippen LogP contribution in [0.15, 0.2) is 24.3 Å². The van der Waals surface area contributed by atoms with Crippen LogP contribution in [0.2, 0.25) is 0 Å². The summed E-state index contributed by atoms with van der Waals surface area (Å²) in [5.74, 6) is 2.33. The number of nitrogens with one attached hydrogen (secondary N) is 1. The van der Waals surface area contributed by atoms with Gasteiger partial charge in [0.05, 0.1) is 0 Å². The number of rotatable bonds is 8. The lowest BCUT2D eigenvalue weighted by Gasteiger charge is -2.14. The third-order valence-corrected chi connectivity index (χ3v) is 4.05. The normalized spacial score (nSPS) is 11.1. The van der Waals surface area contributed by atoms with Crippen LogP contribution in [0.25, 0.3) is 0 Å². The van der Waals surface area contributed by atoms with Gasteiger partial charge in [0.1, 0.15) is 0 Å². The SMILES string of the molecule is CCC(CC)NCCSCc1cccc(C)c1. The molecule has 0 bridgehead atoms. The standard InChI is InChI=1S/C15H25NS/c1-4-15(5-2)16-9-10-17-12-14-8-6-7-13(3)11-14/h6-8,11,15-16H,4-5,9-10,12H2,1-3H3. The van der Waals surface area contributed by atoms with Gasteiger partial charge in [0, 0.05) is 24.1 Å². The van der Waals surface area contributed by atoms with E-state index in [-0.39, 0.29) is 0 Å². The minimum absolute atomic E-state index is 0.703. The average Bonchev–Trinajstić information content (AvgIpc) is 2.34. The fourth-order valence-electron chi connectivity index (χ4n) is 1.90. The second kappa shape index (κ2) is 8.60. The number of hydrogen-bond donors (Lipinski definition) is 1. The van der Waals surface area contributed by atoms with Crippen LogP contribution in [-0.4, -0.2) is 18.3 Å². The van der Waals surface area contributed by atoms with Crippen molar-refractivity contribution in [1.29, 1.82) is 0 Å². The lowest BCUT2D eigenvalue weighted by molar-refractivity contribution is 0.501. The molecule has 1 nitrogen and oxygen atoms in total. The van der Waals surface area contributed by atoms with Crippen LogP contribution in [0, 0.1) is 6.92 Å². The van der Waals surface area contributed by atoms with Crippen LogP contribution in [0.5, 0.6) is 0 Å². The summed E-state index contributed by atoms with van der Waals surface area (Å²) in [5.41, 5.74) is 2.80. The molecule has 0 aliphatic heterocycles. The second-order valence-corrected chi connectivity index (χ2v) is 5.61. The van der Waals surface area contributed by atoms with E-state index in [9.17, 15) is 0 Å². The highest BCUT2D eigenvalue weighted by atomic mass is 32.2. The first-order valence-electron chi connectivity index (χ1n) is 6.63. The van der Waals surface area contributed by atoms with Gasteiger partial charge in [-0.2, -0.15) is 11.8 Å². The van der Waals surface area contributed by atoms with E-state index in [1.54, 1.807) is 0 Å². The molecular formula is C15H25NS. The fraction of sp³-hybridized carbons (Fsp3) is 0.600. The summed E-state index contributed by atoms with van der Waals surface area (Å²) in [6.45, 7) is 7.79. The highest BCUT2D eigenvalue weighted by Gasteiger charge is 2.00. The van der Waals surface area contributed by atoms with Crippen LogP contribution in [-0.2, 0) is 5.75 Å². The zero-order valence-electron chi connectivity index (χ0n) is 11.3. The molecule has 0 spiro atoms. The zero-order valence-corrected chi connectivity index (χ0v) is 12.1. The molecule has 0 atom stereocenters. The Bertz CT molecular complexity index is 308. The molecule has 17 heavy (non-hydrogen) atoms. The second-order valence-electron chi connectivity index (χ2n) is 4.51. The smallest absolute Gasteiger partial charge is 0.0185 e. The Labute approximate surface area is 110 Å². The maximum atomic E-state index is 3.60. The molecule has 2 heteroatoms. The predicted molar refractivity (Wildman–Crippen MR) is 79.7 cm³/mol. The summed E-state index contributed by atoms with van der Waals surface area (Å²) in [6, 6.07) is 9.50. The van der Waals surface area contributed by atoms with Crippen LogP contribution < -0.4 is 5.32 Å². The first kappa shape index (κ1) is 14.6. The largest absolute Gasteiger partial charge is 0.313 e. The topological polar surface area (TPSA) is 12.0 Å². The molecule has 1 aromatic rings. The molecule has 0 saturated carbocycles. The van der Waals surface area contributed by atoms with Crippen molar-refractivity contribution in [2.45, 2.75) is 45.4 Å². The molecule has 0 radical (unpaired) electrons. The number of benzene rings is 1. The van der Waals surface area contributed by atoms with Gasteiger partial charge in [-0.3, -0.25) is 0 Å². The van der Waals surface area contributed by atoms with E-state index in [2.05, 4.69) is 50.4 Å². The molecule has 0 unspecified atom stereocenters. The van der Waals surface area contributed by atoms with Gasteiger partial charge in [0.2, 0.25) is 0 Å². The highest BCUT2D eigenvalue weighted by molar-refractivity contribution is 7.98. The van der Waals surface area contributed by atoms with Crippen LogP contribution in [0.1, 0.15) is 37.8 Å². The molecule has 0 amide bonds. The lowest BCUT2D eigenvalue weighted by Crippen LogP contribution is -2.29. The van der Waals surface area contributed by atoms with Crippen molar-refractivity contribution < 1.29 is 0 Å². The Morgan fingerprint density at radius 3 is 2.65 bits per heavy atom. The summed E-state index contributed by atoms with van der Waals surface area (Å²) in [4.78, 5) is 0. The molecule has 0 heterocycles. The first-order chi connectivity index (χ1) is 8.26. The third kappa shape index (κ3) is 6.13. The predicted octanol–water partition coefficient (Wildman–Crippen LogP) is 4.01. The van der Waals surface area contributed by atoms with Crippen LogP contribution in [0.4, 0.5) is 0 Å². The first-order valence-corrected chi connectivity index (χ1v) is 7.78. The molecule has 1 aromatic carbocycles. The molecule has 0 aliphatic rings. The number of aryl methyl sites for hydroxylation is 1. The van der Waals surface area contributed by atoms with Gasteiger partial charge in [-0.1, -0.05) is 43.7 Å². The van der Waals surface area contributed by atoms with E-state index in [4.69, 9.17) is 0 Å². The van der Waals surface area contributed by atoms with Crippen LogP contribution >= 0.6 is 11.8 Å². The molecule has 1 N–H and O–H groups in total. The molecule has 0 fully saturated rings. The Morgan fingerprint density at radius 1 is 1.24 bits per heavy atom. The summed E-state index contributed by atoms with van der Waals surface area (Å²) < 4.78 is 0. The van der Waals surface area contributed by atoms with Crippen molar-refractivity contribution in [3.63, 3.8) is 0 Å². The third-order valence-electron chi connectivity index (χ3n) is 3.02. The summed E-state index contributed by atoms with van der Waals surface area (Å²) >= 11 is 2.02. The molecule has 0 aliphatic carbocycles. The fourth-order valence-corrected chi connectivity index (χ4v) is 2.73. The number of hydrogen-bond acceptors (Lipinski definition) is 2. The van der Waals surface area contributed by atoms with Crippen molar-refractivity contribution in [2.24, 2.45) is 0 Å². The van der Waals surface area contributed by atoms with Gasteiger partial charge in [-0.05, 0) is 25.3 Å². The highest BCUT2D eigenvalue weighted by Crippen LogP contribution is 2.13. The number of thioether (sulfide) groups is 1. The Morgan fingerprint density at radius 2 is 2.00 bits per heavy atom. The Hall–Kier alpha value is -0.470. The van der Waals surface area contributed by atoms with E-state index in [0.29, 0.717) is 6.04 Å². The van der Waals surface area contributed by atoms with Gasteiger partial charge in [0.25, 0.3) is 0 Å². The summed E-state index contributed by atoms with van der Waals surface area (Å²) in [7, 11) is 0. The van der Waals surface area contributed by atoms with E-state index in [0.717, 1.165) is 12.3 Å². The van der Waals surface area contributed by atoms with Gasteiger partial charge in [-0.25, -0.2) is 0 Å². The van der Waals surface area contributed by atoms with Gasteiger partial charge in [0.15, 0.2) is 0 Å². The van der Waals surface area contributed by atoms with Crippen molar-refractivity contribution in [3.05, 3.63) is 35.4 Å². The Balaban J connectivity index is 2.12. The van der Waals surface area contributed by atoms with Crippen molar-refractivity contribution in [3.8, 4) is 0 Å².